The quantitative estimate of drug-likeness (QED) is 0.544. The van der Waals surface area contributed by atoms with E-state index in [0.717, 1.165) is 0 Å². The molecule has 0 saturated carbocycles. The molecule has 0 unspecified atom stereocenters. The second-order valence-electron chi connectivity index (χ2n) is 7.31. The summed E-state index contributed by atoms with van der Waals surface area (Å²) in [4.78, 5) is 0. The van der Waals surface area contributed by atoms with Crippen molar-refractivity contribution in [1.82, 2.24) is 0 Å². The van der Waals surface area contributed by atoms with E-state index in [1.165, 1.54) is 61.0 Å². The maximum atomic E-state index is 2.35. The summed E-state index contributed by atoms with van der Waals surface area (Å²) >= 11 is 0. The molecule has 1 nitrogen and oxygen atoms in total. The number of hydrogen-bond acceptors (Lipinski definition) is 0. The molecule has 120 valence electrons. The molecule has 0 fully saturated rings. The summed E-state index contributed by atoms with van der Waals surface area (Å²) in [5.41, 5.74) is 12.3. The molecule has 0 saturated heterocycles. The van der Waals surface area contributed by atoms with Crippen LogP contribution in [-0.2, 0) is 7.05 Å². The van der Waals surface area contributed by atoms with Gasteiger partial charge in [0.05, 0.1) is 11.0 Å². The zero-order chi connectivity index (χ0) is 17.2. The Kier molecular flexibility index (Phi) is 3.18. The van der Waals surface area contributed by atoms with E-state index in [1.807, 2.05) is 0 Å². The van der Waals surface area contributed by atoms with Gasteiger partial charge in [0.25, 0.3) is 0 Å². The van der Waals surface area contributed by atoms with Crippen LogP contribution in [0.2, 0.25) is 0 Å². The normalized spacial score (nSPS) is 13.2. The van der Waals surface area contributed by atoms with E-state index >= 15 is 0 Å². The fourth-order valence-corrected chi connectivity index (χ4v) is 4.19. The van der Waals surface area contributed by atoms with Gasteiger partial charge in [-0.25, -0.2) is 4.57 Å². The molecule has 1 heterocycles. The Morgan fingerprint density at radius 2 is 1.46 bits per heavy atom. The van der Waals surface area contributed by atoms with Crippen molar-refractivity contribution in [3.8, 4) is 0 Å². The van der Waals surface area contributed by atoms with Gasteiger partial charge in [0, 0.05) is 6.07 Å². The number of aryl methyl sites for hydroxylation is 4. The van der Waals surface area contributed by atoms with Crippen molar-refractivity contribution >= 4 is 21.9 Å². The lowest BCUT2D eigenvalue weighted by Crippen LogP contribution is -2.32. The van der Waals surface area contributed by atoms with Crippen molar-refractivity contribution in [1.29, 1.82) is 0 Å². The van der Waals surface area contributed by atoms with Crippen LogP contribution in [0.25, 0.3) is 21.9 Å². The molecule has 1 aromatic heterocycles. The maximum Gasteiger partial charge on any atom is 0.221 e. The minimum atomic E-state index is 1.33. The number of benzene rings is 2. The minimum absolute atomic E-state index is 1.33. The number of rotatable bonds is 1. The third kappa shape index (κ3) is 1.97. The van der Waals surface area contributed by atoms with Crippen LogP contribution >= 0.6 is 0 Å². The van der Waals surface area contributed by atoms with Gasteiger partial charge in [-0.15, -0.1) is 0 Å². The first-order valence-electron chi connectivity index (χ1n) is 8.61. The SMILES string of the molecule is CC1=C(c2cc(C)cc(C)c2C)c2c3c1cc(C)cc3cc[n+]2C. The maximum absolute atomic E-state index is 2.35. The first-order valence-corrected chi connectivity index (χ1v) is 8.61. The Labute approximate surface area is 144 Å². The molecule has 1 aliphatic rings. The van der Waals surface area contributed by atoms with Crippen LogP contribution in [0.5, 0.6) is 0 Å². The van der Waals surface area contributed by atoms with E-state index in [0.29, 0.717) is 0 Å². The third-order valence-electron chi connectivity index (χ3n) is 5.48. The highest BCUT2D eigenvalue weighted by atomic mass is 14.9. The van der Waals surface area contributed by atoms with Crippen molar-refractivity contribution in [2.45, 2.75) is 34.6 Å². The van der Waals surface area contributed by atoms with Crippen molar-refractivity contribution < 1.29 is 4.57 Å². The van der Waals surface area contributed by atoms with Crippen LogP contribution in [0, 0.1) is 27.7 Å². The molecule has 0 bridgehead atoms. The van der Waals surface area contributed by atoms with Gasteiger partial charge in [-0.05, 0) is 73.4 Å². The van der Waals surface area contributed by atoms with Gasteiger partial charge in [-0.1, -0.05) is 29.8 Å². The molecule has 1 heteroatoms. The summed E-state index contributed by atoms with van der Waals surface area (Å²) in [6.45, 7) is 11.1. The van der Waals surface area contributed by atoms with Crippen LogP contribution in [-0.4, -0.2) is 0 Å². The highest BCUT2D eigenvalue weighted by Gasteiger charge is 2.31. The minimum Gasteiger partial charge on any atom is -0.200 e. The molecule has 0 radical (unpaired) electrons. The Morgan fingerprint density at radius 1 is 0.792 bits per heavy atom. The smallest absolute Gasteiger partial charge is 0.200 e. The number of hydrogen-bond donors (Lipinski definition) is 0. The summed E-state index contributed by atoms with van der Waals surface area (Å²) in [6.07, 6.45) is 2.19. The number of aromatic nitrogens is 1. The fourth-order valence-electron chi connectivity index (χ4n) is 4.19. The Hall–Kier alpha value is -2.41. The summed E-state index contributed by atoms with van der Waals surface area (Å²) in [6, 6.07) is 11.5. The average Bonchev–Trinajstić information content (AvgIpc) is 2.81. The van der Waals surface area contributed by atoms with Crippen molar-refractivity contribution in [3.05, 3.63) is 75.6 Å². The van der Waals surface area contributed by atoms with Crippen LogP contribution in [0.4, 0.5) is 0 Å². The van der Waals surface area contributed by atoms with Gasteiger partial charge in [0.2, 0.25) is 5.69 Å². The lowest BCUT2D eigenvalue weighted by Gasteiger charge is -2.13. The highest BCUT2D eigenvalue weighted by molar-refractivity contribution is 6.15. The molecule has 0 N–H and O–H groups in total. The summed E-state index contributed by atoms with van der Waals surface area (Å²) in [7, 11) is 2.16. The molecule has 0 spiro atoms. The van der Waals surface area contributed by atoms with Gasteiger partial charge in [0.15, 0.2) is 6.20 Å². The molecular formula is C23H24N+. The first kappa shape index (κ1) is 15.1. The predicted octanol–water partition coefficient (Wildman–Crippen LogP) is 5.19. The fraction of sp³-hybridized carbons (Fsp3) is 0.261. The first-order chi connectivity index (χ1) is 11.4. The second-order valence-corrected chi connectivity index (χ2v) is 7.31. The Morgan fingerprint density at radius 3 is 2.21 bits per heavy atom. The standard InChI is InChI=1S/C23H24N/c1-13-9-15(3)16(4)19(11-13)21-17(5)20-12-14(2)10-18-7-8-24(6)23(21)22(18)20/h7-12H,1-6H3/q+1. The molecular weight excluding hydrogens is 290 g/mol. The zero-order valence-electron chi connectivity index (χ0n) is 15.4. The van der Waals surface area contributed by atoms with Crippen LogP contribution in [0.15, 0.2) is 36.5 Å². The molecule has 1 aliphatic carbocycles. The zero-order valence-corrected chi connectivity index (χ0v) is 15.4. The molecule has 24 heavy (non-hydrogen) atoms. The van der Waals surface area contributed by atoms with E-state index < -0.39 is 0 Å². The summed E-state index contributed by atoms with van der Waals surface area (Å²) in [5.74, 6) is 0. The van der Waals surface area contributed by atoms with Crippen molar-refractivity contribution in [2.24, 2.45) is 7.05 Å². The lowest BCUT2D eigenvalue weighted by atomic mass is 9.91. The molecule has 0 aliphatic heterocycles. The number of allylic oxidation sites excluding steroid dienone is 1. The second kappa shape index (κ2) is 5.04. The highest BCUT2D eigenvalue weighted by Crippen LogP contribution is 2.44. The van der Waals surface area contributed by atoms with Crippen molar-refractivity contribution in [3.63, 3.8) is 0 Å². The van der Waals surface area contributed by atoms with Crippen LogP contribution in [0.3, 0.4) is 0 Å². The van der Waals surface area contributed by atoms with E-state index in [4.69, 9.17) is 0 Å². The number of nitrogens with zero attached hydrogens (tertiary/aromatic N) is 1. The van der Waals surface area contributed by atoms with Gasteiger partial charge in [0.1, 0.15) is 7.05 Å². The topological polar surface area (TPSA) is 3.88 Å². The molecule has 4 rings (SSSR count). The van der Waals surface area contributed by atoms with Crippen LogP contribution in [0.1, 0.15) is 46.0 Å². The van der Waals surface area contributed by atoms with Gasteiger partial charge < -0.3 is 0 Å². The average molecular weight is 314 g/mol. The predicted molar refractivity (Wildman–Crippen MR) is 102 cm³/mol. The molecule has 0 amide bonds. The van der Waals surface area contributed by atoms with E-state index in [2.05, 4.69) is 82.8 Å². The molecule has 0 atom stereocenters. The van der Waals surface area contributed by atoms with E-state index in [1.54, 1.807) is 0 Å². The lowest BCUT2D eigenvalue weighted by molar-refractivity contribution is -0.672. The molecule has 2 aromatic carbocycles. The van der Waals surface area contributed by atoms with E-state index in [9.17, 15) is 0 Å². The Balaban J connectivity index is 2.15. The summed E-state index contributed by atoms with van der Waals surface area (Å²) < 4.78 is 2.28. The van der Waals surface area contributed by atoms with Gasteiger partial charge in [-0.2, -0.15) is 0 Å². The molecule has 3 aromatic rings. The Bertz CT molecular complexity index is 1050. The summed E-state index contributed by atoms with van der Waals surface area (Å²) in [5, 5.41) is 2.74. The van der Waals surface area contributed by atoms with Crippen molar-refractivity contribution in [2.75, 3.05) is 0 Å². The van der Waals surface area contributed by atoms with Gasteiger partial charge in [-0.3, -0.25) is 0 Å². The largest absolute Gasteiger partial charge is 0.221 e. The van der Waals surface area contributed by atoms with Gasteiger partial charge >= 0.3 is 0 Å². The third-order valence-corrected chi connectivity index (χ3v) is 5.48. The van der Waals surface area contributed by atoms with E-state index in [-0.39, 0.29) is 0 Å². The van der Waals surface area contributed by atoms with Crippen LogP contribution < -0.4 is 4.57 Å². The monoisotopic (exact) mass is 314 g/mol. The number of pyridine rings is 1.